The van der Waals surface area contributed by atoms with Crippen LogP contribution in [-0.2, 0) is 4.79 Å². The maximum Gasteiger partial charge on any atom is 0.222 e. The average molecular weight is 298 g/mol. The second-order valence-electron chi connectivity index (χ2n) is 6.22. The number of rotatable bonds is 15. The normalized spacial score (nSPS) is 10.8. The first kappa shape index (κ1) is 20.5. The molecule has 0 atom stereocenters. The molecule has 0 aliphatic heterocycles. The van der Waals surface area contributed by atoms with Crippen molar-refractivity contribution in [1.82, 2.24) is 4.90 Å². The third-order valence-corrected chi connectivity index (χ3v) is 4.32. The van der Waals surface area contributed by atoms with Gasteiger partial charge in [0.25, 0.3) is 0 Å². The van der Waals surface area contributed by atoms with E-state index in [0.717, 1.165) is 13.1 Å². The van der Waals surface area contributed by atoms with E-state index < -0.39 is 0 Å². The quantitative estimate of drug-likeness (QED) is 0.342. The lowest BCUT2D eigenvalue weighted by Crippen LogP contribution is -2.30. The summed E-state index contributed by atoms with van der Waals surface area (Å²) in [6.45, 7) is 8.13. The van der Waals surface area contributed by atoms with Gasteiger partial charge in [0, 0.05) is 19.5 Å². The van der Waals surface area contributed by atoms with Gasteiger partial charge in [-0.15, -0.1) is 0 Å². The molecule has 0 saturated heterocycles. The molecule has 21 heavy (non-hydrogen) atoms. The molecule has 0 aromatic rings. The molecule has 2 nitrogen and oxygen atoms in total. The van der Waals surface area contributed by atoms with Crippen LogP contribution in [0.25, 0.3) is 0 Å². The first-order valence-electron chi connectivity index (χ1n) is 9.54. The Bertz CT molecular complexity index is 228. The monoisotopic (exact) mass is 297 g/mol. The number of carbonyl (C=O) groups excluding carboxylic acids is 1. The van der Waals surface area contributed by atoms with Crippen LogP contribution in [0.4, 0.5) is 0 Å². The molecule has 0 unspecified atom stereocenters. The van der Waals surface area contributed by atoms with E-state index in [1.807, 2.05) is 11.8 Å². The van der Waals surface area contributed by atoms with Crippen molar-refractivity contribution in [3.63, 3.8) is 0 Å². The van der Waals surface area contributed by atoms with Crippen LogP contribution in [0.5, 0.6) is 0 Å². The Balaban J connectivity index is 3.23. The molecular formula is C19H39NO. The van der Waals surface area contributed by atoms with Crippen LogP contribution in [0.1, 0.15) is 104 Å². The lowest BCUT2D eigenvalue weighted by Gasteiger charge is -2.19. The fourth-order valence-electron chi connectivity index (χ4n) is 2.83. The molecule has 0 heterocycles. The second-order valence-corrected chi connectivity index (χ2v) is 6.22. The summed E-state index contributed by atoms with van der Waals surface area (Å²) in [5.74, 6) is 0.306. The highest BCUT2D eigenvalue weighted by atomic mass is 16.2. The van der Waals surface area contributed by atoms with Gasteiger partial charge in [0.05, 0.1) is 0 Å². The summed E-state index contributed by atoms with van der Waals surface area (Å²) < 4.78 is 0. The topological polar surface area (TPSA) is 20.3 Å². The van der Waals surface area contributed by atoms with Crippen molar-refractivity contribution in [3.8, 4) is 0 Å². The van der Waals surface area contributed by atoms with Crippen LogP contribution in [0.2, 0.25) is 0 Å². The molecular weight excluding hydrogens is 258 g/mol. The van der Waals surface area contributed by atoms with Crippen molar-refractivity contribution in [3.05, 3.63) is 0 Å². The summed E-state index contributed by atoms with van der Waals surface area (Å²) >= 11 is 0. The maximum absolute atomic E-state index is 11.6. The number of hydrogen-bond acceptors (Lipinski definition) is 1. The minimum Gasteiger partial charge on any atom is -0.343 e. The number of unbranched alkanes of at least 4 members (excludes halogenated alkanes) is 11. The zero-order valence-electron chi connectivity index (χ0n) is 15.0. The fourth-order valence-corrected chi connectivity index (χ4v) is 2.83. The lowest BCUT2D eigenvalue weighted by atomic mass is 10.1. The van der Waals surface area contributed by atoms with E-state index in [0.29, 0.717) is 12.3 Å². The highest BCUT2D eigenvalue weighted by molar-refractivity contribution is 5.75. The lowest BCUT2D eigenvalue weighted by molar-refractivity contribution is -0.130. The highest BCUT2D eigenvalue weighted by Gasteiger charge is 2.07. The molecule has 0 bridgehead atoms. The predicted molar refractivity (Wildman–Crippen MR) is 93.6 cm³/mol. The Morgan fingerprint density at radius 2 is 1.10 bits per heavy atom. The zero-order valence-corrected chi connectivity index (χ0v) is 15.0. The van der Waals surface area contributed by atoms with Crippen LogP contribution in [0, 0.1) is 0 Å². The average Bonchev–Trinajstić information content (AvgIpc) is 2.51. The fraction of sp³-hybridized carbons (Fsp3) is 0.947. The van der Waals surface area contributed by atoms with Gasteiger partial charge >= 0.3 is 0 Å². The van der Waals surface area contributed by atoms with E-state index in [2.05, 4.69) is 13.8 Å². The molecule has 0 aromatic heterocycles. The number of hydrogen-bond donors (Lipinski definition) is 0. The SMILES string of the molecule is CCCCCCCCCCCCCCN(CC)C(=O)CC. The molecule has 0 aliphatic carbocycles. The first-order chi connectivity index (χ1) is 10.3. The van der Waals surface area contributed by atoms with Crippen molar-refractivity contribution in [1.29, 1.82) is 0 Å². The van der Waals surface area contributed by atoms with Crippen LogP contribution in [-0.4, -0.2) is 23.9 Å². The summed E-state index contributed by atoms with van der Waals surface area (Å²) in [6.07, 6.45) is 17.1. The minimum absolute atomic E-state index is 0.306. The van der Waals surface area contributed by atoms with Gasteiger partial charge in [-0.25, -0.2) is 0 Å². The van der Waals surface area contributed by atoms with Crippen LogP contribution in [0.3, 0.4) is 0 Å². The summed E-state index contributed by atoms with van der Waals surface area (Å²) in [6, 6.07) is 0. The number of nitrogens with zero attached hydrogens (tertiary/aromatic N) is 1. The van der Waals surface area contributed by atoms with Gasteiger partial charge in [-0.1, -0.05) is 84.5 Å². The van der Waals surface area contributed by atoms with Crippen molar-refractivity contribution < 1.29 is 4.79 Å². The van der Waals surface area contributed by atoms with Crippen molar-refractivity contribution >= 4 is 5.91 Å². The van der Waals surface area contributed by atoms with Gasteiger partial charge < -0.3 is 4.90 Å². The van der Waals surface area contributed by atoms with Gasteiger partial charge in [-0.2, -0.15) is 0 Å². The van der Waals surface area contributed by atoms with Gasteiger partial charge in [0.15, 0.2) is 0 Å². The summed E-state index contributed by atoms with van der Waals surface area (Å²) in [4.78, 5) is 13.6. The van der Waals surface area contributed by atoms with Crippen molar-refractivity contribution in [2.45, 2.75) is 104 Å². The van der Waals surface area contributed by atoms with Gasteiger partial charge in [0.2, 0.25) is 5.91 Å². The van der Waals surface area contributed by atoms with Gasteiger partial charge in [-0.05, 0) is 13.3 Å². The summed E-state index contributed by atoms with van der Waals surface area (Å²) in [5.41, 5.74) is 0. The van der Waals surface area contributed by atoms with Crippen molar-refractivity contribution in [2.24, 2.45) is 0 Å². The summed E-state index contributed by atoms with van der Waals surface area (Å²) in [7, 11) is 0. The standard InChI is InChI=1S/C19H39NO/c1-4-7-8-9-10-11-12-13-14-15-16-17-18-20(6-3)19(21)5-2/h4-18H2,1-3H3. The molecule has 0 fully saturated rings. The van der Waals surface area contributed by atoms with Crippen LogP contribution >= 0.6 is 0 Å². The molecule has 0 spiro atoms. The van der Waals surface area contributed by atoms with Crippen molar-refractivity contribution in [2.75, 3.05) is 13.1 Å². The first-order valence-corrected chi connectivity index (χ1v) is 9.54. The molecule has 2 heteroatoms. The third kappa shape index (κ3) is 12.9. The van der Waals surface area contributed by atoms with Crippen LogP contribution in [0.15, 0.2) is 0 Å². The maximum atomic E-state index is 11.6. The molecule has 0 saturated carbocycles. The Kier molecular flexibility index (Phi) is 15.5. The largest absolute Gasteiger partial charge is 0.343 e. The van der Waals surface area contributed by atoms with E-state index >= 15 is 0 Å². The molecule has 0 aromatic carbocycles. The van der Waals surface area contributed by atoms with Crippen LogP contribution < -0.4 is 0 Å². The smallest absolute Gasteiger partial charge is 0.222 e. The zero-order chi connectivity index (χ0) is 15.8. The van der Waals surface area contributed by atoms with Gasteiger partial charge in [0.1, 0.15) is 0 Å². The Morgan fingerprint density at radius 1 is 0.667 bits per heavy atom. The Labute approximate surface area is 133 Å². The van der Waals surface area contributed by atoms with E-state index in [1.165, 1.54) is 77.0 Å². The third-order valence-electron chi connectivity index (χ3n) is 4.32. The van der Waals surface area contributed by atoms with E-state index in [1.54, 1.807) is 0 Å². The predicted octanol–water partition coefficient (Wildman–Crippen LogP) is 5.95. The number of carbonyl (C=O) groups is 1. The Morgan fingerprint density at radius 3 is 1.48 bits per heavy atom. The molecule has 0 rings (SSSR count). The molecule has 0 radical (unpaired) electrons. The highest BCUT2D eigenvalue weighted by Crippen LogP contribution is 2.12. The minimum atomic E-state index is 0.306. The number of amides is 1. The molecule has 0 aliphatic rings. The van der Waals surface area contributed by atoms with E-state index in [9.17, 15) is 4.79 Å². The summed E-state index contributed by atoms with van der Waals surface area (Å²) in [5, 5.41) is 0. The van der Waals surface area contributed by atoms with Gasteiger partial charge in [-0.3, -0.25) is 4.79 Å². The second kappa shape index (κ2) is 15.9. The molecule has 126 valence electrons. The van der Waals surface area contributed by atoms with E-state index in [-0.39, 0.29) is 0 Å². The Hall–Kier alpha value is -0.530. The van der Waals surface area contributed by atoms with E-state index in [4.69, 9.17) is 0 Å². The molecule has 1 amide bonds. The molecule has 0 N–H and O–H groups in total.